The molecule has 0 radical (unpaired) electrons. The van der Waals surface area contributed by atoms with E-state index in [1.807, 2.05) is 0 Å². The van der Waals surface area contributed by atoms with E-state index >= 15 is 0 Å². The Labute approximate surface area is 117 Å². The van der Waals surface area contributed by atoms with Crippen molar-refractivity contribution in [3.63, 3.8) is 0 Å². The third-order valence-corrected chi connectivity index (χ3v) is 3.00. The quantitative estimate of drug-likeness (QED) is 0.902. The van der Waals surface area contributed by atoms with Crippen molar-refractivity contribution >= 4 is 5.69 Å². The molecule has 20 heavy (non-hydrogen) atoms. The first-order valence-corrected chi connectivity index (χ1v) is 6.43. The van der Waals surface area contributed by atoms with Crippen molar-refractivity contribution in [3.8, 4) is 5.75 Å². The molecule has 0 amide bonds. The predicted molar refractivity (Wildman–Crippen MR) is 74.1 cm³/mol. The molecule has 1 atom stereocenters. The molecule has 1 unspecified atom stereocenters. The van der Waals surface area contributed by atoms with Gasteiger partial charge in [0.05, 0.1) is 7.11 Å². The van der Waals surface area contributed by atoms with E-state index in [1.165, 1.54) is 12.0 Å². The van der Waals surface area contributed by atoms with Crippen molar-refractivity contribution < 1.29 is 17.9 Å². The van der Waals surface area contributed by atoms with Gasteiger partial charge in [0.2, 0.25) is 0 Å². The number of nitrogens with zero attached hydrogens (tertiary/aromatic N) is 1. The van der Waals surface area contributed by atoms with Gasteiger partial charge in [-0.25, -0.2) is 0 Å². The van der Waals surface area contributed by atoms with E-state index in [-0.39, 0.29) is 6.04 Å². The fourth-order valence-corrected chi connectivity index (χ4v) is 2.16. The van der Waals surface area contributed by atoms with Gasteiger partial charge in [-0.3, -0.25) is 0 Å². The van der Waals surface area contributed by atoms with Gasteiger partial charge < -0.3 is 15.4 Å². The molecule has 6 heteroatoms. The monoisotopic (exact) mass is 290 g/mol. The molecular formula is C14H21F3N2O. The summed E-state index contributed by atoms with van der Waals surface area (Å²) in [6.07, 6.45) is -4.28. The van der Waals surface area contributed by atoms with E-state index in [2.05, 4.69) is 0 Å². The van der Waals surface area contributed by atoms with E-state index < -0.39 is 18.8 Å². The lowest BCUT2D eigenvalue weighted by molar-refractivity contribution is -0.120. The smallest absolute Gasteiger partial charge is 0.405 e. The highest BCUT2D eigenvalue weighted by Crippen LogP contribution is 2.35. The fraction of sp³-hybridized carbons (Fsp3) is 0.571. The lowest BCUT2D eigenvalue weighted by atomic mass is 10.0. The summed E-state index contributed by atoms with van der Waals surface area (Å²) in [7, 11) is 1.48. The Hall–Kier alpha value is -1.43. The molecule has 0 bridgehead atoms. The van der Waals surface area contributed by atoms with E-state index in [4.69, 9.17) is 10.5 Å². The highest BCUT2D eigenvalue weighted by molar-refractivity contribution is 5.61. The molecule has 0 aromatic heterocycles. The van der Waals surface area contributed by atoms with Crippen LogP contribution in [0.15, 0.2) is 18.2 Å². The first-order chi connectivity index (χ1) is 9.17. The molecule has 0 saturated carbocycles. The van der Waals surface area contributed by atoms with Crippen LogP contribution in [0.5, 0.6) is 5.75 Å². The van der Waals surface area contributed by atoms with Gasteiger partial charge in [0.25, 0.3) is 0 Å². The van der Waals surface area contributed by atoms with Crippen molar-refractivity contribution in [2.45, 2.75) is 39.0 Å². The maximum Gasteiger partial charge on any atom is 0.405 e. The van der Waals surface area contributed by atoms with Gasteiger partial charge >= 0.3 is 6.18 Å². The normalized spacial score (nSPS) is 13.4. The standard InChI is InChI=1S/C14H21F3N2O/c1-9(2)19(8-14(15,16)17)11-6-5-7-12(20-4)13(11)10(3)18/h5-7,9-10H,8,18H2,1-4H3. The van der Waals surface area contributed by atoms with E-state index in [0.717, 1.165) is 0 Å². The van der Waals surface area contributed by atoms with Crippen LogP contribution in [0, 0.1) is 0 Å². The molecule has 1 aromatic rings. The molecule has 0 saturated heterocycles. The minimum atomic E-state index is -4.28. The zero-order valence-electron chi connectivity index (χ0n) is 12.2. The molecule has 0 heterocycles. The molecule has 0 aliphatic heterocycles. The van der Waals surface area contributed by atoms with Gasteiger partial charge in [0.15, 0.2) is 0 Å². The number of methoxy groups -OCH3 is 1. The highest BCUT2D eigenvalue weighted by atomic mass is 19.4. The molecule has 3 nitrogen and oxygen atoms in total. The Bertz CT molecular complexity index is 445. The molecule has 0 aliphatic rings. The topological polar surface area (TPSA) is 38.5 Å². The summed E-state index contributed by atoms with van der Waals surface area (Å²) >= 11 is 0. The third-order valence-electron chi connectivity index (χ3n) is 3.00. The summed E-state index contributed by atoms with van der Waals surface area (Å²) in [5.74, 6) is 0.505. The number of hydrogen-bond donors (Lipinski definition) is 1. The van der Waals surface area contributed by atoms with Crippen LogP contribution >= 0.6 is 0 Å². The molecule has 0 fully saturated rings. The van der Waals surface area contributed by atoms with E-state index in [9.17, 15) is 13.2 Å². The van der Waals surface area contributed by atoms with Gasteiger partial charge in [-0.05, 0) is 32.9 Å². The minimum Gasteiger partial charge on any atom is -0.496 e. The van der Waals surface area contributed by atoms with E-state index in [1.54, 1.807) is 39.0 Å². The number of benzene rings is 1. The predicted octanol–water partition coefficient (Wildman–Crippen LogP) is 3.49. The first kappa shape index (κ1) is 16.6. The average molecular weight is 290 g/mol. The number of rotatable bonds is 5. The molecule has 0 aliphatic carbocycles. The SMILES string of the molecule is COc1cccc(N(CC(F)(F)F)C(C)C)c1C(C)N. The molecule has 1 aromatic carbocycles. The summed E-state index contributed by atoms with van der Waals surface area (Å²) in [6, 6.07) is 4.30. The summed E-state index contributed by atoms with van der Waals surface area (Å²) in [6.45, 7) is 4.15. The van der Waals surface area contributed by atoms with Crippen molar-refractivity contribution in [2.24, 2.45) is 5.73 Å². The van der Waals surface area contributed by atoms with Crippen LogP contribution in [-0.2, 0) is 0 Å². The van der Waals surface area contributed by atoms with Crippen molar-refractivity contribution in [2.75, 3.05) is 18.6 Å². The second kappa shape index (κ2) is 6.35. The fourth-order valence-electron chi connectivity index (χ4n) is 2.16. The Morgan fingerprint density at radius 1 is 1.25 bits per heavy atom. The highest BCUT2D eigenvalue weighted by Gasteiger charge is 2.33. The van der Waals surface area contributed by atoms with Gasteiger partial charge in [0.1, 0.15) is 12.3 Å². The van der Waals surface area contributed by atoms with Gasteiger partial charge in [-0.15, -0.1) is 0 Å². The molecular weight excluding hydrogens is 269 g/mol. The Morgan fingerprint density at radius 3 is 2.25 bits per heavy atom. The minimum absolute atomic E-state index is 0.304. The van der Waals surface area contributed by atoms with Crippen molar-refractivity contribution in [1.82, 2.24) is 0 Å². The molecule has 0 spiro atoms. The van der Waals surface area contributed by atoms with Crippen LogP contribution in [0.1, 0.15) is 32.4 Å². The summed E-state index contributed by atoms with van der Waals surface area (Å²) in [5.41, 5.74) is 6.96. The lowest BCUT2D eigenvalue weighted by Crippen LogP contribution is -2.40. The number of anilines is 1. The average Bonchev–Trinajstić information content (AvgIpc) is 2.33. The second-order valence-electron chi connectivity index (χ2n) is 5.02. The second-order valence-corrected chi connectivity index (χ2v) is 5.02. The maximum absolute atomic E-state index is 12.8. The Morgan fingerprint density at radius 2 is 1.85 bits per heavy atom. The molecule has 2 N–H and O–H groups in total. The van der Waals surface area contributed by atoms with Crippen LogP contribution < -0.4 is 15.4 Å². The first-order valence-electron chi connectivity index (χ1n) is 6.43. The summed E-state index contributed by atoms with van der Waals surface area (Å²) in [5, 5.41) is 0. The number of alkyl halides is 3. The van der Waals surface area contributed by atoms with Crippen LogP contribution in [0.4, 0.5) is 18.9 Å². The number of halogens is 3. The van der Waals surface area contributed by atoms with Gasteiger partial charge in [0, 0.05) is 23.3 Å². The van der Waals surface area contributed by atoms with Crippen molar-refractivity contribution in [1.29, 1.82) is 0 Å². The summed E-state index contributed by atoms with van der Waals surface area (Å²) in [4.78, 5) is 1.29. The van der Waals surface area contributed by atoms with Crippen LogP contribution in [0.2, 0.25) is 0 Å². The number of ether oxygens (including phenoxy) is 1. The van der Waals surface area contributed by atoms with Crippen LogP contribution in [0.25, 0.3) is 0 Å². The summed E-state index contributed by atoms with van der Waals surface area (Å²) < 4.78 is 43.5. The maximum atomic E-state index is 12.8. The largest absolute Gasteiger partial charge is 0.496 e. The zero-order chi connectivity index (χ0) is 15.5. The Kier molecular flexibility index (Phi) is 5.28. The van der Waals surface area contributed by atoms with Crippen LogP contribution in [-0.4, -0.2) is 25.9 Å². The van der Waals surface area contributed by atoms with Crippen LogP contribution in [0.3, 0.4) is 0 Å². The number of nitrogens with two attached hydrogens (primary N) is 1. The lowest BCUT2D eigenvalue weighted by Gasteiger charge is -2.33. The zero-order valence-corrected chi connectivity index (χ0v) is 12.2. The van der Waals surface area contributed by atoms with Gasteiger partial charge in [-0.2, -0.15) is 13.2 Å². The molecule has 114 valence electrons. The molecule has 1 rings (SSSR count). The third kappa shape index (κ3) is 4.03. The van der Waals surface area contributed by atoms with Crippen molar-refractivity contribution in [3.05, 3.63) is 23.8 Å². The van der Waals surface area contributed by atoms with E-state index in [0.29, 0.717) is 17.0 Å². The Balaban J connectivity index is 3.33. The van der Waals surface area contributed by atoms with Gasteiger partial charge in [-0.1, -0.05) is 6.07 Å². The number of hydrogen-bond acceptors (Lipinski definition) is 3.